The highest BCUT2D eigenvalue weighted by atomic mass is 35.5. The molecule has 8 heteroatoms. The van der Waals surface area contributed by atoms with Crippen LogP contribution in [0.1, 0.15) is 12.0 Å². The second kappa shape index (κ2) is 7.51. The summed E-state index contributed by atoms with van der Waals surface area (Å²) in [5, 5.41) is 3.31. The zero-order valence-electron chi connectivity index (χ0n) is 12.6. The molecule has 0 spiro atoms. The number of hydrogen-bond donors (Lipinski definition) is 1. The number of nitrogens with one attached hydrogen (secondary N) is 1. The van der Waals surface area contributed by atoms with Gasteiger partial charge in [-0.1, -0.05) is 29.3 Å². The SMILES string of the molecule is CS(=O)(=O)c1ccc(F)c(NC(=O)CCc2ccc(Cl)cc2Cl)c1. The van der Waals surface area contributed by atoms with Crippen LogP contribution in [-0.2, 0) is 21.1 Å². The maximum absolute atomic E-state index is 13.7. The summed E-state index contributed by atoms with van der Waals surface area (Å²) in [6.45, 7) is 0. The lowest BCUT2D eigenvalue weighted by Crippen LogP contribution is -2.14. The van der Waals surface area contributed by atoms with E-state index >= 15 is 0 Å². The molecule has 0 heterocycles. The standard InChI is InChI=1S/C16H14Cl2FNO3S/c1-24(22,23)12-5-6-14(19)15(9-12)20-16(21)7-3-10-2-4-11(17)8-13(10)18/h2,4-6,8-9H,3,7H2,1H3,(H,20,21). The van der Waals surface area contributed by atoms with Gasteiger partial charge >= 0.3 is 0 Å². The number of aryl methyl sites for hydroxylation is 1. The Hall–Kier alpha value is -1.63. The van der Waals surface area contributed by atoms with Crippen molar-refractivity contribution in [3.8, 4) is 0 Å². The quantitative estimate of drug-likeness (QED) is 0.782. The summed E-state index contributed by atoms with van der Waals surface area (Å²) in [7, 11) is -3.49. The van der Waals surface area contributed by atoms with E-state index in [9.17, 15) is 17.6 Å². The third-order valence-corrected chi connectivity index (χ3v) is 4.97. The van der Waals surface area contributed by atoms with Gasteiger partial charge in [-0.25, -0.2) is 12.8 Å². The predicted molar refractivity (Wildman–Crippen MR) is 92.9 cm³/mol. The van der Waals surface area contributed by atoms with E-state index in [1.54, 1.807) is 18.2 Å². The molecule has 0 saturated carbocycles. The maximum atomic E-state index is 13.7. The second-order valence-electron chi connectivity index (χ2n) is 5.20. The lowest BCUT2D eigenvalue weighted by Gasteiger charge is -2.09. The van der Waals surface area contributed by atoms with Gasteiger partial charge in [0.15, 0.2) is 9.84 Å². The van der Waals surface area contributed by atoms with Gasteiger partial charge in [0.2, 0.25) is 5.91 Å². The predicted octanol–water partition coefficient (Wildman–Crippen LogP) is 4.11. The van der Waals surface area contributed by atoms with Gasteiger partial charge in [-0.2, -0.15) is 0 Å². The van der Waals surface area contributed by atoms with E-state index in [4.69, 9.17) is 23.2 Å². The van der Waals surface area contributed by atoms with E-state index in [1.807, 2.05) is 0 Å². The van der Waals surface area contributed by atoms with Crippen molar-refractivity contribution < 1.29 is 17.6 Å². The summed E-state index contributed by atoms with van der Waals surface area (Å²) < 4.78 is 36.7. The van der Waals surface area contributed by atoms with Crippen molar-refractivity contribution in [1.82, 2.24) is 0 Å². The average molecular weight is 390 g/mol. The summed E-state index contributed by atoms with van der Waals surface area (Å²) in [5.41, 5.74) is 0.562. The largest absolute Gasteiger partial charge is 0.324 e. The summed E-state index contributed by atoms with van der Waals surface area (Å²) in [5.74, 6) is -1.16. The van der Waals surface area contributed by atoms with Crippen LogP contribution in [0.25, 0.3) is 0 Å². The molecule has 1 amide bonds. The number of carbonyl (C=O) groups excluding carboxylic acids is 1. The van der Waals surface area contributed by atoms with Crippen molar-refractivity contribution in [2.45, 2.75) is 17.7 Å². The zero-order chi connectivity index (χ0) is 17.9. The van der Waals surface area contributed by atoms with Crippen LogP contribution in [0.4, 0.5) is 10.1 Å². The molecule has 0 atom stereocenters. The van der Waals surface area contributed by atoms with E-state index in [-0.39, 0.29) is 17.0 Å². The fraction of sp³-hybridized carbons (Fsp3) is 0.188. The van der Waals surface area contributed by atoms with Crippen LogP contribution < -0.4 is 5.32 Å². The molecular formula is C16H14Cl2FNO3S. The third-order valence-electron chi connectivity index (χ3n) is 3.28. The van der Waals surface area contributed by atoms with E-state index in [0.717, 1.165) is 30.0 Å². The second-order valence-corrected chi connectivity index (χ2v) is 8.06. The normalized spacial score (nSPS) is 11.3. The maximum Gasteiger partial charge on any atom is 0.224 e. The molecule has 1 N–H and O–H groups in total. The lowest BCUT2D eigenvalue weighted by molar-refractivity contribution is -0.116. The molecule has 0 unspecified atom stereocenters. The smallest absolute Gasteiger partial charge is 0.224 e. The molecule has 0 saturated heterocycles. The molecule has 128 valence electrons. The monoisotopic (exact) mass is 389 g/mol. The van der Waals surface area contributed by atoms with Gasteiger partial charge in [0.25, 0.3) is 0 Å². The van der Waals surface area contributed by atoms with Gasteiger partial charge in [-0.3, -0.25) is 4.79 Å². The van der Waals surface area contributed by atoms with E-state index in [0.29, 0.717) is 16.5 Å². The Kier molecular flexibility index (Phi) is 5.85. The molecular weight excluding hydrogens is 376 g/mol. The van der Waals surface area contributed by atoms with Crippen molar-refractivity contribution in [3.63, 3.8) is 0 Å². The van der Waals surface area contributed by atoms with Gasteiger partial charge in [-0.05, 0) is 42.3 Å². The molecule has 0 bridgehead atoms. The number of amides is 1. The highest BCUT2D eigenvalue weighted by Gasteiger charge is 2.13. The molecule has 24 heavy (non-hydrogen) atoms. The lowest BCUT2D eigenvalue weighted by atomic mass is 10.1. The Balaban J connectivity index is 2.07. The molecule has 2 aromatic rings. The summed E-state index contributed by atoms with van der Waals surface area (Å²) >= 11 is 11.8. The molecule has 2 aromatic carbocycles. The van der Waals surface area contributed by atoms with Crippen LogP contribution in [0.5, 0.6) is 0 Å². The third kappa shape index (κ3) is 4.93. The first-order valence-corrected chi connectivity index (χ1v) is 9.55. The van der Waals surface area contributed by atoms with Gasteiger partial charge in [0.05, 0.1) is 10.6 Å². The number of hydrogen-bond acceptors (Lipinski definition) is 3. The van der Waals surface area contributed by atoms with Crippen LogP contribution in [0.3, 0.4) is 0 Å². The average Bonchev–Trinajstić information content (AvgIpc) is 2.47. The Morgan fingerprint density at radius 2 is 1.88 bits per heavy atom. The molecule has 0 aliphatic rings. The van der Waals surface area contributed by atoms with Gasteiger partial charge < -0.3 is 5.32 Å². The zero-order valence-corrected chi connectivity index (χ0v) is 15.0. The molecule has 0 aliphatic heterocycles. The first-order valence-electron chi connectivity index (χ1n) is 6.90. The first kappa shape index (κ1) is 18.7. The topological polar surface area (TPSA) is 63.2 Å². The van der Waals surface area contributed by atoms with Crippen LogP contribution in [0.2, 0.25) is 10.0 Å². The van der Waals surface area contributed by atoms with Crippen LogP contribution in [0, 0.1) is 5.82 Å². The van der Waals surface area contributed by atoms with Crippen molar-refractivity contribution in [3.05, 3.63) is 57.8 Å². The summed E-state index contributed by atoms with van der Waals surface area (Å²) in [4.78, 5) is 11.9. The minimum absolute atomic E-state index is 0.0594. The van der Waals surface area contributed by atoms with E-state index in [1.165, 1.54) is 0 Å². The van der Waals surface area contributed by atoms with E-state index in [2.05, 4.69) is 5.32 Å². The number of halogens is 3. The number of benzene rings is 2. The fourth-order valence-corrected chi connectivity index (χ4v) is 3.17. The molecule has 0 aliphatic carbocycles. The fourth-order valence-electron chi connectivity index (χ4n) is 2.02. The van der Waals surface area contributed by atoms with Crippen molar-refractivity contribution in [2.75, 3.05) is 11.6 Å². The van der Waals surface area contributed by atoms with Crippen LogP contribution in [-0.4, -0.2) is 20.6 Å². The summed E-state index contributed by atoms with van der Waals surface area (Å²) in [6, 6.07) is 8.19. The van der Waals surface area contributed by atoms with Gasteiger partial charge in [0.1, 0.15) is 5.82 Å². The van der Waals surface area contributed by atoms with Gasteiger partial charge in [-0.15, -0.1) is 0 Å². The van der Waals surface area contributed by atoms with Crippen LogP contribution >= 0.6 is 23.2 Å². The van der Waals surface area contributed by atoms with E-state index < -0.39 is 21.6 Å². The Bertz CT molecular complexity index is 885. The first-order chi connectivity index (χ1) is 11.2. The highest BCUT2D eigenvalue weighted by Crippen LogP contribution is 2.23. The number of sulfone groups is 1. The Morgan fingerprint density at radius 3 is 2.50 bits per heavy atom. The van der Waals surface area contributed by atoms with Crippen molar-refractivity contribution in [2.24, 2.45) is 0 Å². The molecule has 0 radical (unpaired) electrons. The number of carbonyl (C=O) groups is 1. The minimum Gasteiger partial charge on any atom is -0.324 e. The van der Waals surface area contributed by atoms with Gasteiger partial charge in [0, 0.05) is 22.7 Å². The van der Waals surface area contributed by atoms with Crippen LogP contribution in [0.15, 0.2) is 41.3 Å². The Labute approximate surface area is 149 Å². The molecule has 0 aromatic heterocycles. The number of anilines is 1. The Morgan fingerprint density at radius 1 is 1.17 bits per heavy atom. The van der Waals surface area contributed by atoms with Crippen molar-refractivity contribution in [1.29, 1.82) is 0 Å². The van der Waals surface area contributed by atoms with Crippen molar-refractivity contribution >= 4 is 44.6 Å². The molecule has 0 fully saturated rings. The minimum atomic E-state index is -3.49. The summed E-state index contributed by atoms with van der Waals surface area (Å²) in [6.07, 6.45) is 1.41. The highest BCUT2D eigenvalue weighted by molar-refractivity contribution is 7.90. The number of rotatable bonds is 5. The molecule has 2 rings (SSSR count). The molecule has 4 nitrogen and oxygen atoms in total.